The minimum Gasteiger partial charge on any atom is -0.376 e. The summed E-state index contributed by atoms with van der Waals surface area (Å²) in [6.07, 6.45) is 5.71. The monoisotopic (exact) mass is 348 g/mol. The van der Waals surface area contributed by atoms with Crippen molar-refractivity contribution < 1.29 is 4.74 Å². The highest BCUT2D eigenvalue weighted by Crippen LogP contribution is 2.25. The molecule has 2 aliphatic rings. The van der Waals surface area contributed by atoms with E-state index in [9.17, 15) is 0 Å². The summed E-state index contributed by atoms with van der Waals surface area (Å²) in [4.78, 5) is 7.00. The Balaban J connectivity index is 1.49. The van der Waals surface area contributed by atoms with E-state index in [0.717, 1.165) is 62.4 Å². The van der Waals surface area contributed by atoms with Crippen LogP contribution in [-0.2, 0) is 4.74 Å². The minimum atomic E-state index is 0.285. The van der Waals surface area contributed by atoms with Crippen LogP contribution in [0.1, 0.15) is 33.1 Å². The largest absolute Gasteiger partial charge is 0.376 e. The first-order chi connectivity index (χ1) is 11.6. The molecule has 1 aromatic heterocycles. The van der Waals surface area contributed by atoms with Crippen LogP contribution >= 0.6 is 12.2 Å². The van der Waals surface area contributed by atoms with Crippen LogP contribution in [0.25, 0.3) is 0 Å². The third-order valence-electron chi connectivity index (χ3n) is 4.71. The highest BCUT2D eigenvalue weighted by Gasteiger charge is 2.22. The highest BCUT2D eigenvalue weighted by atomic mass is 32.1. The van der Waals surface area contributed by atoms with E-state index in [1.807, 2.05) is 12.3 Å². The summed E-state index contributed by atoms with van der Waals surface area (Å²) in [6.45, 7) is 8.44. The molecule has 0 spiro atoms. The number of aromatic nitrogens is 1. The van der Waals surface area contributed by atoms with Crippen LogP contribution in [-0.4, -0.2) is 42.4 Å². The van der Waals surface area contributed by atoms with Crippen molar-refractivity contribution in [1.29, 1.82) is 0 Å². The van der Waals surface area contributed by atoms with Gasteiger partial charge >= 0.3 is 0 Å². The van der Waals surface area contributed by atoms with Crippen LogP contribution in [0, 0.1) is 11.8 Å². The average Bonchev–Trinajstić information content (AvgIpc) is 3.06. The number of rotatable bonds is 4. The van der Waals surface area contributed by atoms with Crippen molar-refractivity contribution in [3.05, 3.63) is 18.3 Å². The van der Waals surface area contributed by atoms with Crippen molar-refractivity contribution >= 4 is 28.8 Å². The zero-order valence-electron chi connectivity index (χ0n) is 14.6. The predicted octanol–water partition coefficient (Wildman–Crippen LogP) is 3.03. The fourth-order valence-electron chi connectivity index (χ4n) is 3.68. The number of nitrogens with one attached hydrogen (secondary N) is 2. The van der Waals surface area contributed by atoms with E-state index in [4.69, 9.17) is 17.0 Å². The second kappa shape index (κ2) is 8.12. The van der Waals surface area contributed by atoms with Gasteiger partial charge in [0.15, 0.2) is 5.11 Å². The molecule has 3 rings (SSSR count). The summed E-state index contributed by atoms with van der Waals surface area (Å²) in [7, 11) is 0. The zero-order chi connectivity index (χ0) is 16.9. The maximum atomic E-state index is 5.59. The lowest BCUT2D eigenvalue weighted by molar-refractivity contribution is 0.114. The van der Waals surface area contributed by atoms with Gasteiger partial charge < -0.3 is 20.3 Å². The molecular weight excluding hydrogens is 320 g/mol. The first-order valence-electron chi connectivity index (χ1n) is 8.97. The molecule has 0 amide bonds. The van der Waals surface area contributed by atoms with Gasteiger partial charge in [-0.25, -0.2) is 4.98 Å². The van der Waals surface area contributed by atoms with Gasteiger partial charge in [0.25, 0.3) is 0 Å². The number of hydrogen-bond donors (Lipinski definition) is 2. The lowest BCUT2D eigenvalue weighted by Gasteiger charge is -2.35. The summed E-state index contributed by atoms with van der Waals surface area (Å²) in [5.41, 5.74) is 0.918. The standard InChI is InChI=1S/C18H28N4OS/c1-13-8-14(2)12-22(11-13)17-6-5-15(9-19-17)21-18(24)20-10-16-4-3-7-23-16/h5-6,9,13-14,16H,3-4,7-8,10-12H2,1-2H3,(H2,20,21,24). The lowest BCUT2D eigenvalue weighted by atomic mass is 9.92. The Labute approximate surface area is 150 Å². The minimum absolute atomic E-state index is 0.285. The molecule has 2 N–H and O–H groups in total. The molecule has 3 heterocycles. The number of piperidine rings is 1. The summed E-state index contributed by atoms with van der Waals surface area (Å²) < 4.78 is 5.59. The summed E-state index contributed by atoms with van der Waals surface area (Å²) in [6, 6.07) is 4.13. The second-order valence-corrected chi connectivity index (χ2v) is 7.63. The zero-order valence-corrected chi connectivity index (χ0v) is 15.4. The van der Waals surface area contributed by atoms with Crippen molar-refractivity contribution in [2.24, 2.45) is 11.8 Å². The molecule has 3 unspecified atom stereocenters. The van der Waals surface area contributed by atoms with Gasteiger partial charge in [-0.15, -0.1) is 0 Å². The van der Waals surface area contributed by atoms with Gasteiger partial charge in [-0.2, -0.15) is 0 Å². The molecule has 3 atom stereocenters. The number of hydrogen-bond acceptors (Lipinski definition) is 4. The Bertz CT molecular complexity index is 534. The van der Waals surface area contributed by atoms with E-state index in [2.05, 4.69) is 40.4 Å². The van der Waals surface area contributed by atoms with Crippen LogP contribution in [0.5, 0.6) is 0 Å². The van der Waals surface area contributed by atoms with E-state index < -0.39 is 0 Å². The summed E-state index contributed by atoms with van der Waals surface area (Å²) in [5, 5.41) is 7.04. The molecule has 24 heavy (non-hydrogen) atoms. The smallest absolute Gasteiger partial charge is 0.170 e. The number of ether oxygens (including phenoxy) is 1. The summed E-state index contributed by atoms with van der Waals surface area (Å²) >= 11 is 5.34. The van der Waals surface area contributed by atoms with Crippen molar-refractivity contribution in [3.63, 3.8) is 0 Å². The van der Waals surface area contributed by atoms with Crippen LogP contribution in [0.2, 0.25) is 0 Å². The maximum absolute atomic E-state index is 5.59. The number of nitrogens with zero attached hydrogens (tertiary/aromatic N) is 2. The Morgan fingerprint density at radius 2 is 2.12 bits per heavy atom. The number of anilines is 2. The molecule has 2 fully saturated rings. The van der Waals surface area contributed by atoms with E-state index in [0.29, 0.717) is 5.11 Å². The predicted molar refractivity (Wildman–Crippen MR) is 103 cm³/mol. The van der Waals surface area contributed by atoms with E-state index in [1.165, 1.54) is 6.42 Å². The maximum Gasteiger partial charge on any atom is 0.170 e. The van der Waals surface area contributed by atoms with E-state index in [-0.39, 0.29) is 6.10 Å². The second-order valence-electron chi connectivity index (χ2n) is 7.23. The van der Waals surface area contributed by atoms with Crippen LogP contribution < -0.4 is 15.5 Å². The molecule has 1 aromatic rings. The fraction of sp³-hybridized carbons (Fsp3) is 0.667. The molecule has 0 aliphatic carbocycles. The Kier molecular flexibility index (Phi) is 5.89. The molecule has 0 saturated carbocycles. The SMILES string of the molecule is CC1CC(C)CN(c2ccc(NC(=S)NCC3CCCO3)cn2)C1. The third-order valence-corrected chi connectivity index (χ3v) is 4.96. The fourth-order valence-corrected chi connectivity index (χ4v) is 3.89. The van der Waals surface area contributed by atoms with Crippen molar-refractivity contribution in [2.45, 2.75) is 39.2 Å². The van der Waals surface area contributed by atoms with Gasteiger partial charge in [-0.05, 0) is 55.4 Å². The van der Waals surface area contributed by atoms with Crippen molar-refractivity contribution in [1.82, 2.24) is 10.3 Å². The van der Waals surface area contributed by atoms with Gasteiger partial charge in [0, 0.05) is 26.2 Å². The Hall–Kier alpha value is -1.40. The molecule has 2 saturated heterocycles. The topological polar surface area (TPSA) is 49.4 Å². The third kappa shape index (κ3) is 4.80. The van der Waals surface area contributed by atoms with Crippen molar-refractivity contribution in [2.75, 3.05) is 36.5 Å². The Morgan fingerprint density at radius 3 is 2.75 bits per heavy atom. The van der Waals surface area contributed by atoms with Gasteiger partial charge in [-0.3, -0.25) is 0 Å². The van der Waals surface area contributed by atoms with Gasteiger partial charge in [0.1, 0.15) is 5.82 Å². The molecule has 6 heteroatoms. The number of thiocarbonyl (C=S) groups is 1. The van der Waals surface area contributed by atoms with Gasteiger partial charge in [0.2, 0.25) is 0 Å². The van der Waals surface area contributed by atoms with Gasteiger partial charge in [0.05, 0.1) is 18.0 Å². The molecule has 0 bridgehead atoms. The quantitative estimate of drug-likeness (QED) is 0.816. The molecule has 132 valence electrons. The highest BCUT2D eigenvalue weighted by molar-refractivity contribution is 7.80. The van der Waals surface area contributed by atoms with E-state index in [1.54, 1.807) is 0 Å². The normalized spacial score (nSPS) is 27.1. The molecular formula is C18H28N4OS. The Morgan fingerprint density at radius 1 is 1.33 bits per heavy atom. The molecule has 5 nitrogen and oxygen atoms in total. The lowest BCUT2D eigenvalue weighted by Crippen LogP contribution is -2.39. The van der Waals surface area contributed by atoms with Crippen LogP contribution in [0.15, 0.2) is 18.3 Å². The van der Waals surface area contributed by atoms with Crippen LogP contribution in [0.4, 0.5) is 11.5 Å². The van der Waals surface area contributed by atoms with E-state index >= 15 is 0 Å². The molecule has 2 aliphatic heterocycles. The first-order valence-corrected chi connectivity index (χ1v) is 9.38. The molecule has 0 radical (unpaired) electrons. The first kappa shape index (κ1) is 17.4. The van der Waals surface area contributed by atoms with Gasteiger partial charge in [-0.1, -0.05) is 13.8 Å². The average molecular weight is 349 g/mol. The van der Waals surface area contributed by atoms with Crippen molar-refractivity contribution in [3.8, 4) is 0 Å². The number of pyridine rings is 1. The summed E-state index contributed by atoms with van der Waals surface area (Å²) in [5.74, 6) is 2.50. The van der Waals surface area contributed by atoms with Crippen LogP contribution in [0.3, 0.4) is 0 Å². The molecule has 0 aromatic carbocycles.